The predicted molar refractivity (Wildman–Crippen MR) is 133 cm³/mol. The first-order valence-electron chi connectivity index (χ1n) is 10.9. The quantitative estimate of drug-likeness (QED) is 0.380. The van der Waals surface area contributed by atoms with Crippen LogP contribution in [0.1, 0.15) is 32.0 Å². The molecule has 1 aromatic heterocycles. The maximum Gasteiger partial charge on any atom is 0.336 e. The summed E-state index contributed by atoms with van der Waals surface area (Å²) in [6, 6.07) is 29.2. The molecule has 6 nitrogen and oxygen atoms in total. The van der Waals surface area contributed by atoms with Gasteiger partial charge in [-0.3, -0.25) is 9.78 Å². The minimum Gasteiger partial charge on any atom is -0.478 e. The summed E-state index contributed by atoms with van der Waals surface area (Å²) < 4.78 is 0. The number of aromatic carboxylic acids is 1. The first-order valence-corrected chi connectivity index (χ1v) is 10.9. The fraction of sp³-hybridized carbons (Fsp3) is 0.107. The van der Waals surface area contributed by atoms with E-state index in [1.165, 1.54) is 0 Å². The average molecular weight is 454 g/mol. The molecular formula is C28H27N3O3. The number of carboxylic acid groups (broad SMARTS) is 1. The molecule has 6 heteroatoms. The number of amides is 1. The molecule has 0 atom stereocenters. The van der Waals surface area contributed by atoms with Crippen molar-refractivity contribution in [2.75, 3.05) is 6.54 Å². The van der Waals surface area contributed by atoms with Crippen LogP contribution in [0.5, 0.6) is 0 Å². The lowest BCUT2D eigenvalue weighted by atomic mass is 9.95. The molecule has 0 spiro atoms. The third-order valence-electron chi connectivity index (χ3n) is 5.07. The summed E-state index contributed by atoms with van der Waals surface area (Å²) in [5.74, 6) is -1.14. The molecule has 0 bridgehead atoms. The average Bonchev–Trinajstić information content (AvgIpc) is 2.89. The van der Waals surface area contributed by atoms with E-state index in [4.69, 9.17) is 5.73 Å². The molecule has 0 aliphatic rings. The van der Waals surface area contributed by atoms with E-state index in [1.54, 1.807) is 42.6 Å². The summed E-state index contributed by atoms with van der Waals surface area (Å²) >= 11 is 0. The van der Waals surface area contributed by atoms with Gasteiger partial charge in [-0.05, 0) is 53.6 Å². The molecule has 0 saturated heterocycles. The normalized spacial score (nSPS) is 10.0. The molecule has 1 heterocycles. The lowest BCUT2D eigenvalue weighted by molar-refractivity contribution is 0.0697. The highest BCUT2D eigenvalue weighted by Crippen LogP contribution is 2.27. The molecule has 4 rings (SSSR count). The highest BCUT2D eigenvalue weighted by Gasteiger charge is 2.14. The van der Waals surface area contributed by atoms with Crippen molar-refractivity contribution in [1.29, 1.82) is 0 Å². The largest absolute Gasteiger partial charge is 0.478 e. The van der Waals surface area contributed by atoms with Crippen molar-refractivity contribution in [3.63, 3.8) is 0 Å². The summed E-state index contributed by atoms with van der Waals surface area (Å²) in [5, 5.41) is 12.3. The summed E-state index contributed by atoms with van der Waals surface area (Å²) in [4.78, 5) is 27.8. The second kappa shape index (κ2) is 12.7. The number of rotatable bonds is 7. The van der Waals surface area contributed by atoms with E-state index in [0.717, 1.165) is 23.2 Å². The zero-order valence-corrected chi connectivity index (χ0v) is 18.7. The Bertz CT molecular complexity index is 1210. The van der Waals surface area contributed by atoms with Crippen LogP contribution in [-0.4, -0.2) is 28.5 Å². The Morgan fingerprint density at radius 3 is 2.12 bits per heavy atom. The predicted octanol–water partition coefficient (Wildman–Crippen LogP) is 4.56. The van der Waals surface area contributed by atoms with Crippen LogP contribution in [0.25, 0.3) is 11.1 Å². The van der Waals surface area contributed by atoms with E-state index in [2.05, 4.69) is 10.3 Å². The monoisotopic (exact) mass is 453 g/mol. The van der Waals surface area contributed by atoms with Gasteiger partial charge in [-0.15, -0.1) is 0 Å². The van der Waals surface area contributed by atoms with E-state index in [9.17, 15) is 14.7 Å². The van der Waals surface area contributed by atoms with Gasteiger partial charge in [0.1, 0.15) is 0 Å². The highest BCUT2D eigenvalue weighted by atomic mass is 16.4. The number of nitrogens with one attached hydrogen (secondary N) is 1. The number of nitrogens with zero attached hydrogens (tertiary/aromatic N) is 1. The fourth-order valence-corrected chi connectivity index (χ4v) is 3.40. The summed E-state index contributed by atoms with van der Waals surface area (Å²) in [7, 11) is 0. The van der Waals surface area contributed by atoms with Crippen molar-refractivity contribution >= 4 is 11.9 Å². The van der Waals surface area contributed by atoms with Crippen molar-refractivity contribution in [3.8, 4) is 11.1 Å². The van der Waals surface area contributed by atoms with E-state index >= 15 is 0 Å². The van der Waals surface area contributed by atoms with Crippen molar-refractivity contribution in [1.82, 2.24) is 10.3 Å². The zero-order valence-electron chi connectivity index (χ0n) is 18.7. The van der Waals surface area contributed by atoms with Crippen LogP contribution < -0.4 is 11.1 Å². The molecule has 0 saturated carbocycles. The van der Waals surface area contributed by atoms with Gasteiger partial charge in [-0.2, -0.15) is 0 Å². The van der Waals surface area contributed by atoms with E-state index in [-0.39, 0.29) is 11.5 Å². The number of pyridine rings is 1. The first kappa shape index (κ1) is 24.4. The SMILES string of the molecule is NCCc1ccccn1.O=C(NCc1ccccc1-c1ccccc1C(=O)O)c1ccccc1. The maximum atomic E-state index is 12.2. The van der Waals surface area contributed by atoms with E-state index < -0.39 is 5.97 Å². The van der Waals surface area contributed by atoms with Gasteiger partial charge in [-0.25, -0.2) is 4.79 Å². The van der Waals surface area contributed by atoms with Crippen molar-refractivity contribution in [2.45, 2.75) is 13.0 Å². The van der Waals surface area contributed by atoms with Crippen LogP contribution in [0, 0.1) is 0 Å². The molecule has 172 valence electrons. The molecule has 0 aliphatic heterocycles. The van der Waals surface area contributed by atoms with Crippen LogP contribution in [0.4, 0.5) is 0 Å². The van der Waals surface area contributed by atoms with Gasteiger partial charge >= 0.3 is 5.97 Å². The fourth-order valence-electron chi connectivity index (χ4n) is 3.40. The number of aromatic nitrogens is 1. The third kappa shape index (κ3) is 6.85. The lowest BCUT2D eigenvalue weighted by Gasteiger charge is -2.13. The first-order chi connectivity index (χ1) is 16.6. The van der Waals surface area contributed by atoms with Crippen LogP contribution >= 0.6 is 0 Å². The molecule has 0 radical (unpaired) electrons. The minimum atomic E-state index is -0.973. The molecule has 1 amide bonds. The molecular weight excluding hydrogens is 426 g/mol. The number of carbonyl (C=O) groups is 2. The number of benzene rings is 3. The molecule has 4 aromatic rings. The van der Waals surface area contributed by atoms with Crippen LogP contribution in [-0.2, 0) is 13.0 Å². The van der Waals surface area contributed by atoms with Crippen molar-refractivity contribution in [3.05, 3.63) is 126 Å². The molecule has 4 N–H and O–H groups in total. The van der Waals surface area contributed by atoms with Crippen molar-refractivity contribution in [2.24, 2.45) is 5.73 Å². The van der Waals surface area contributed by atoms with Gasteiger partial charge < -0.3 is 16.2 Å². The Labute approximate surface area is 199 Å². The standard InChI is InChI=1S/C21H17NO3.C7H10N2/c23-20(15-8-2-1-3-9-15)22-14-16-10-4-5-11-17(16)18-12-6-7-13-19(18)21(24)25;8-5-4-7-3-1-2-6-9-7/h1-13H,14H2,(H,22,23)(H,24,25);1-3,6H,4-5,8H2. The van der Waals surface area contributed by atoms with E-state index in [0.29, 0.717) is 24.2 Å². The number of carboxylic acids is 1. The topological polar surface area (TPSA) is 105 Å². The van der Waals surface area contributed by atoms with Crippen LogP contribution in [0.3, 0.4) is 0 Å². The number of carbonyl (C=O) groups excluding carboxylic acids is 1. The lowest BCUT2D eigenvalue weighted by Crippen LogP contribution is -2.23. The molecule has 0 aliphatic carbocycles. The van der Waals surface area contributed by atoms with Gasteiger partial charge in [0.05, 0.1) is 5.56 Å². The van der Waals surface area contributed by atoms with Gasteiger partial charge in [-0.1, -0.05) is 66.7 Å². The number of hydrogen-bond acceptors (Lipinski definition) is 4. The maximum absolute atomic E-state index is 12.2. The number of hydrogen-bond donors (Lipinski definition) is 3. The minimum absolute atomic E-state index is 0.165. The molecule has 3 aromatic carbocycles. The second-order valence-corrected chi connectivity index (χ2v) is 7.42. The van der Waals surface area contributed by atoms with Gasteiger partial charge in [0.25, 0.3) is 5.91 Å². The Hall–Kier alpha value is -4.29. The van der Waals surface area contributed by atoms with E-state index in [1.807, 2.05) is 60.7 Å². The molecule has 34 heavy (non-hydrogen) atoms. The second-order valence-electron chi connectivity index (χ2n) is 7.42. The highest BCUT2D eigenvalue weighted by molar-refractivity contribution is 5.97. The Morgan fingerprint density at radius 2 is 1.44 bits per heavy atom. The summed E-state index contributed by atoms with van der Waals surface area (Å²) in [6.07, 6.45) is 2.66. The van der Waals surface area contributed by atoms with Crippen molar-refractivity contribution < 1.29 is 14.7 Å². The smallest absolute Gasteiger partial charge is 0.336 e. The Balaban J connectivity index is 0.000000302. The Morgan fingerprint density at radius 1 is 0.794 bits per heavy atom. The van der Waals surface area contributed by atoms with Gasteiger partial charge in [0, 0.05) is 30.4 Å². The summed E-state index contributed by atoms with van der Waals surface area (Å²) in [6.45, 7) is 0.995. The zero-order chi connectivity index (χ0) is 24.2. The third-order valence-corrected chi connectivity index (χ3v) is 5.07. The Kier molecular flexibility index (Phi) is 9.08. The van der Waals surface area contributed by atoms with Crippen LogP contribution in [0.2, 0.25) is 0 Å². The number of nitrogens with two attached hydrogens (primary N) is 1. The molecule has 0 unspecified atom stereocenters. The molecule has 0 fully saturated rings. The van der Waals surface area contributed by atoms with Gasteiger partial charge in [0.2, 0.25) is 0 Å². The van der Waals surface area contributed by atoms with Crippen LogP contribution in [0.15, 0.2) is 103 Å². The van der Waals surface area contributed by atoms with Gasteiger partial charge in [0.15, 0.2) is 0 Å². The summed E-state index contributed by atoms with van der Waals surface area (Å²) in [5.41, 5.74) is 9.52.